The van der Waals surface area contributed by atoms with Gasteiger partial charge in [0.15, 0.2) is 0 Å². The monoisotopic (exact) mass is 193 g/mol. The molecule has 0 spiro atoms. The van der Waals surface area contributed by atoms with Gasteiger partial charge >= 0.3 is 0 Å². The first-order valence-electron chi connectivity index (χ1n) is 4.66. The fourth-order valence-electron chi connectivity index (χ4n) is 1.14. The maximum atomic E-state index is 10.4. The molecule has 2 N–H and O–H groups in total. The minimum Gasteiger partial charge on any atom is -0.368 e. The van der Waals surface area contributed by atoms with E-state index in [1.165, 1.54) is 5.56 Å². The van der Waals surface area contributed by atoms with Gasteiger partial charge in [0.1, 0.15) is 6.61 Å². The lowest BCUT2D eigenvalue weighted by Gasteiger charge is -2.02. The number of rotatable bonds is 5. The highest BCUT2D eigenvalue weighted by Gasteiger charge is 1.96. The van der Waals surface area contributed by atoms with Crippen LogP contribution in [0.2, 0.25) is 0 Å². The van der Waals surface area contributed by atoms with Crippen LogP contribution in [0.1, 0.15) is 18.1 Å². The third kappa shape index (κ3) is 3.58. The Labute approximate surface area is 83.9 Å². The lowest BCUT2D eigenvalue weighted by atomic mass is 10.1. The van der Waals surface area contributed by atoms with Gasteiger partial charge in [-0.15, -0.1) is 0 Å². The van der Waals surface area contributed by atoms with Gasteiger partial charge in [-0.05, 0) is 17.5 Å². The van der Waals surface area contributed by atoms with E-state index in [4.69, 9.17) is 10.5 Å². The highest BCUT2D eigenvalue weighted by molar-refractivity contribution is 5.74. The Morgan fingerprint density at radius 2 is 1.86 bits per heavy atom. The second-order valence-electron chi connectivity index (χ2n) is 3.13. The predicted molar refractivity (Wildman–Crippen MR) is 54.7 cm³/mol. The predicted octanol–water partition coefficient (Wildman–Crippen LogP) is 1.25. The van der Waals surface area contributed by atoms with E-state index in [2.05, 4.69) is 19.1 Å². The third-order valence-corrected chi connectivity index (χ3v) is 1.94. The fourth-order valence-corrected chi connectivity index (χ4v) is 1.14. The first-order chi connectivity index (χ1) is 6.72. The highest BCUT2D eigenvalue weighted by atomic mass is 16.5. The molecule has 1 rings (SSSR count). The van der Waals surface area contributed by atoms with E-state index in [-0.39, 0.29) is 6.61 Å². The molecule has 1 amide bonds. The second-order valence-corrected chi connectivity index (χ2v) is 3.13. The number of primary amides is 1. The summed E-state index contributed by atoms with van der Waals surface area (Å²) < 4.78 is 5.08. The second kappa shape index (κ2) is 5.40. The van der Waals surface area contributed by atoms with Gasteiger partial charge in [-0.1, -0.05) is 31.2 Å². The minimum atomic E-state index is -0.435. The molecular weight excluding hydrogens is 178 g/mol. The van der Waals surface area contributed by atoms with Crippen LogP contribution >= 0.6 is 0 Å². The van der Waals surface area contributed by atoms with Crippen molar-refractivity contribution in [3.05, 3.63) is 35.4 Å². The number of hydrogen-bond acceptors (Lipinski definition) is 2. The molecule has 0 bridgehead atoms. The van der Waals surface area contributed by atoms with Crippen molar-refractivity contribution in [2.45, 2.75) is 20.0 Å². The van der Waals surface area contributed by atoms with Crippen LogP contribution in [0.5, 0.6) is 0 Å². The van der Waals surface area contributed by atoms with Crippen molar-refractivity contribution in [2.24, 2.45) is 5.73 Å². The number of aryl methyl sites for hydroxylation is 1. The Morgan fingerprint density at radius 1 is 1.29 bits per heavy atom. The van der Waals surface area contributed by atoms with Crippen molar-refractivity contribution in [3.63, 3.8) is 0 Å². The molecule has 0 aliphatic rings. The van der Waals surface area contributed by atoms with E-state index in [9.17, 15) is 4.79 Å². The van der Waals surface area contributed by atoms with Gasteiger partial charge in [0.2, 0.25) is 5.91 Å². The van der Waals surface area contributed by atoms with Gasteiger partial charge in [-0.3, -0.25) is 4.79 Å². The van der Waals surface area contributed by atoms with Crippen molar-refractivity contribution < 1.29 is 9.53 Å². The van der Waals surface area contributed by atoms with Crippen molar-refractivity contribution in [3.8, 4) is 0 Å². The van der Waals surface area contributed by atoms with E-state index >= 15 is 0 Å². The molecule has 0 saturated heterocycles. The molecule has 0 unspecified atom stereocenters. The molecule has 3 nitrogen and oxygen atoms in total. The van der Waals surface area contributed by atoms with Gasteiger partial charge in [0, 0.05) is 0 Å². The van der Waals surface area contributed by atoms with Crippen LogP contribution in [-0.2, 0) is 22.6 Å². The lowest BCUT2D eigenvalue weighted by molar-refractivity contribution is -0.122. The van der Waals surface area contributed by atoms with Crippen molar-refractivity contribution in [1.29, 1.82) is 0 Å². The van der Waals surface area contributed by atoms with Crippen molar-refractivity contribution in [1.82, 2.24) is 0 Å². The summed E-state index contributed by atoms with van der Waals surface area (Å²) in [6, 6.07) is 8.12. The molecule has 0 fully saturated rings. The summed E-state index contributed by atoms with van der Waals surface area (Å²) in [5.74, 6) is -0.435. The lowest BCUT2D eigenvalue weighted by Crippen LogP contribution is -2.17. The molecule has 1 aromatic carbocycles. The topological polar surface area (TPSA) is 52.3 Å². The number of carbonyl (C=O) groups excluding carboxylic acids is 1. The Kier molecular flexibility index (Phi) is 4.13. The summed E-state index contributed by atoms with van der Waals surface area (Å²) >= 11 is 0. The fraction of sp³-hybridized carbons (Fsp3) is 0.364. The van der Waals surface area contributed by atoms with Crippen LogP contribution in [0, 0.1) is 0 Å². The zero-order valence-corrected chi connectivity index (χ0v) is 8.32. The van der Waals surface area contributed by atoms with Crippen LogP contribution in [-0.4, -0.2) is 12.5 Å². The Balaban J connectivity index is 2.40. The molecular formula is C11H15NO2. The summed E-state index contributed by atoms with van der Waals surface area (Å²) in [6.45, 7) is 2.53. The summed E-state index contributed by atoms with van der Waals surface area (Å²) in [7, 11) is 0. The van der Waals surface area contributed by atoms with E-state index in [0.29, 0.717) is 6.61 Å². The van der Waals surface area contributed by atoms with E-state index in [0.717, 1.165) is 12.0 Å². The normalized spacial score (nSPS) is 10.1. The van der Waals surface area contributed by atoms with Gasteiger partial charge in [0.25, 0.3) is 0 Å². The molecule has 3 heteroatoms. The number of hydrogen-bond donors (Lipinski definition) is 1. The molecule has 0 radical (unpaired) electrons. The molecule has 0 aromatic heterocycles. The smallest absolute Gasteiger partial charge is 0.243 e. The van der Waals surface area contributed by atoms with Gasteiger partial charge < -0.3 is 10.5 Å². The van der Waals surface area contributed by atoms with Crippen LogP contribution in [0.3, 0.4) is 0 Å². The van der Waals surface area contributed by atoms with Crippen molar-refractivity contribution >= 4 is 5.91 Å². The van der Waals surface area contributed by atoms with Crippen LogP contribution < -0.4 is 5.73 Å². The molecule has 0 saturated carbocycles. The number of carbonyl (C=O) groups is 1. The van der Waals surface area contributed by atoms with Gasteiger partial charge in [-0.25, -0.2) is 0 Å². The molecule has 0 atom stereocenters. The molecule has 14 heavy (non-hydrogen) atoms. The number of nitrogens with two attached hydrogens (primary N) is 1. The molecule has 0 heterocycles. The number of benzene rings is 1. The maximum absolute atomic E-state index is 10.4. The standard InChI is InChI=1S/C11H15NO2/c1-2-9-3-5-10(6-4-9)7-14-8-11(12)13/h3-6H,2,7-8H2,1H3,(H2,12,13). The SMILES string of the molecule is CCc1ccc(COCC(N)=O)cc1. The quantitative estimate of drug-likeness (QED) is 0.765. The van der Waals surface area contributed by atoms with Crippen LogP contribution in [0.25, 0.3) is 0 Å². The van der Waals surface area contributed by atoms with Crippen molar-refractivity contribution in [2.75, 3.05) is 6.61 Å². The molecule has 1 aromatic rings. The van der Waals surface area contributed by atoms with Gasteiger partial charge in [0.05, 0.1) is 6.61 Å². The first-order valence-corrected chi connectivity index (χ1v) is 4.66. The average Bonchev–Trinajstić information content (AvgIpc) is 2.18. The van der Waals surface area contributed by atoms with E-state index < -0.39 is 5.91 Å². The summed E-state index contributed by atoms with van der Waals surface area (Å²) in [6.07, 6.45) is 1.03. The van der Waals surface area contributed by atoms with E-state index in [1.807, 2.05) is 12.1 Å². The van der Waals surface area contributed by atoms with Crippen LogP contribution in [0.4, 0.5) is 0 Å². The molecule has 0 aliphatic heterocycles. The summed E-state index contributed by atoms with van der Waals surface area (Å²) in [5, 5.41) is 0. The Hall–Kier alpha value is -1.35. The molecule has 0 aliphatic carbocycles. The number of amides is 1. The third-order valence-electron chi connectivity index (χ3n) is 1.94. The summed E-state index contributed by atoms with van der Waals surface area (Å²) in [5.41, 5.74) is 7.29. The van der Waals surface area contributed by atoms with E-state index in [1.54, 1.807) is 0 Å². The highest BCUT2D eigenvalue weighted by Crippen LogP contribution is 2.05. The molecule has 76 valence electrons. The maximum Gasteiger partial charge on any atom is 0.243 e. The zero-order valence-electron chi connectivity index (χ0n) is 8.32. The summed E-state index contributed by atoms with van der Waals surface area (Å²) in [4.78, 5) is 10.4. The Morgan fingerprint density at radius 3 is 2.36 bits per heavy atom. The largest absolute Gasteiger partial charge is 0.368 e. The minimum absolute atomic E-state index is 0.0183. The number of ether oxygens (including phenoxy) is 1. The first kappa shape index (κ1) is 10.7. The zero-order chi connectivity index (χ0) is 10.4. The Bertz CT molecular complexity index is 293. The van der Waals surface area contributed by atoms with Crippen LogP contribution in [0.15, 0.2) is 24.3 Å². The average molecular weight is 193 g/mol. The van der Waals surface area contributed by atoms with Gasteiger partial charge in [-0.2, -0.15) is 0 Å².